The minimum Gasteiger partial charge on any atom is -0.309 e. The Hall–Kier alpha value is -2.71. The van der Waals surface area contributed by atoms with E-state index in [4.69, 9.17) is 16.6 Å². The average Bonchev–Trinajstić information content (AvgIpc) is 2.79. The number of nitrogens with one attached hydrogen (secondary N) is 1. The van der Waals surface area contributed by atoms with Gasteiger partial charge in [0.2, 0.25) is 15.9 Å². The molecule has 0 radical (unpaired) electrons. The number of rotatable bonds is 5. The molecule has 0 saturated heterocycles. The van der Waals surface area contributed by atoms with Crippen molar-refractivity contribution in [1.29, 1.82) is 0 Å². The Bertz CT molecular complexity index is 1170. The van der Waals surface area contributed by atoms with Gasteiger partial charge in [0.25, 0.3) is 5.91 Å². The molecule has 0 fully saturated rings. The number of anilines is 1. The van der Waals surface area contributed by atoms with Crippen LogP contribution < -0.4 is 9.62 Å². The topological polar surface area (TPSA) is 95.9 Å². The third-order valence-corrected chi connectivity index (χ3v) is 5.83. The van der Waals surface area contributed by atoms with E-state index >= 15 is 0 Å². The summed E-state index contributed by atoms with van der Waals surface area (Å²) < 4.78 is 24.7. The van der Waals surface area contributed by atoms with E-state index in [0.717, 1.165) is 11.8 Å². The number of carbonyl (C=O) groups is 2. The minimum absolute atomic E-state index is 0.00100. The summed E-state index contributed by atoms with van der Waals surface area (Å²) in [6.07, 6.45) is 0.729. The first-order valence-electron chi connectivity index (χ1n) is 10.1. The van der Waals surface area contributed by atoms with Gasteiger partial charge in [-0.05, 0) is 23.6 Å². The zero-order valence-electron chi connectivity index (χ0n) is 18.4. The first-order chi connectivity index (χ1) is 14.9. The van der Waals surface area contributed by atoms with Crippen molar-refractivity contribution in [3.8, 4) is 0 Å². The van der Waals surface area contributed by atoms with Crippen LogP contribution in [0.3, 0.4) is 0 Å². The zero-order valence-corrected chi connectivity index (χ0v) is 20.0. The van der Waals surface area contributed by atoms with Crippen molar-refractivity contribution in [2.45, 2.75) is 33.2 Å². The van der Waals surface area contributed by atoms with E-state index in [1.54, 1.807) is 18.2 Å². The number of amides is 2. The molecular weight excluding hydrogens is 450 g/mol. The molecule has 1 heterocycles. The number of aliphatic imine (C=N–C) groups is 1. The van der Waals surface area contributed by atoms with Gasteiger partial charge in [0.1, 0.15) is 6.04 Å². The molecule has 1 N–H and O–H groups in total. The number of hydrogen-bond acceptors (Lipinski definition) is 5. The van der Waals surface area contributed by atoms with E-state index in [-0.39, 0.29) is 18.9 Å². The van der Waals surface area contributed by atoms with Crippen molar-refractivity contribution in [3.63, 3.8) is 0 Å². The van der Waals surface area contributed by atoms with Crippen LogP contribution in [0.4, 0.5) is 5.69 Å². The molecule has 7 nitrogen and oxygen atoms in total. The highest BCUT2D eigenvalue weighted by Crippen LogP contribution is 2.35. The lowest BCUT2D eigenvalue weighted by Gasteiger charge is -2.31. The van der Waals surface area contributed by atoms with Crippen LogP contribution in [0.25, 0.3) is 0 Å². The Morgan fingerprint density at radius 1 is 1.16 bits per heavy atom. The quantitative estimate of drug-likeness (QED) is 0.716. The monoisotopic (exact) mass is 475 g/mol. The second-order valence-electron chi connectivity index (χ2n) is 8.81. The molecular formula is C23H26ClN3O4S. The van der Waals surface area contributed by atoms with E-state index in [9.17, 15) is 18.0 Å². The number of sulfonamides is 1. The Balaban J connectivity index is 2.12. The number of hydrogen-bond donors (Lipinski definition) is 1. The van der Waals surface area contributed by atoms with Gasteiger partial charge in [-0.2, -0.15) is 0 Å². The van der Waals surface area contributed by atoms with E-state index in [1.807, 2.05) is 55.8 Å². The normalized spacial score (nSPS) is 16.8. The standard InChI is InChI=1S/C23H26ClN3O4S/c1-23(2,3)21-22(29)27(13-12-19(28)26-32(4,30)31)18-11-10-16(24)14-17(18)20(25-21)15-8-6-5-7-9-15/h5-11,14,21H,12-13H2,1-4H3,(H,26,28)/t21-/m1/s1. The molecule has 0 aliphatic carbocycles. The first-order valence-corrected chi connectivity index (χ1v) is 12.4. The molecule has 3 rings (SSSR count). The summed E-state index contributed by atoms with van der Waals surface area (Å²) in [5, 5.41) is 0.490. The van der Waals surface area contributed by atoms with Crippen LogP contribution in [0.5, 0.6) is 0 Å². The molecule has 1 aliphatic heterocycles. The van der Waals surface area contributed by atoms with Gasteiger partial charge in [0.05, 0.1) is 17.7 Å². The van der Waals surface area contributed by atoms with Crippen molar-refractivity contribution in [1.82, 2.24) is 4.72 Å². The maximum atomic E-state index is 13.7. The SMILES string of the molecule is CC(C)(C)[C@@H]1N=C(c2ccccc2)c2cc(Cl)ccc2N(CCC(=O)NS(C)(=O)=O)C1=O. The second kappa shape index (κ2) is 9.03. The lowest BCUT2D eigenvalue weighted by molar-refractivity contribution is -0.122. The summed E-state index contributed by atoms with van der Waals surface area (Å²) in [5.74, 6) is -0.948. The highest BCUT2D eigenvalue weighted by atomic mass is 35.5. The number of fused-ring (bicyclic) bond motifs is 1. The van der Waals surface area contributed by atoms with Crippen LogP contribution in [0.15, 0.2) is 53.5 Å². The summed E-state index contributed by atoms with van der Waals surface area (Å²) >= 11 is 6.30. The molecule has 170 valence electrons. The number of benzene rings is 2. The Labute approximate surface area is 193 Å². The van der Waals surface area contributed by atoms with Gasteiger partial charge >= 0.3 is 0 Å². The summed E-state index contributed by atoms with van der Waals surface area (Å²) in [5.41, 5.74) is 2.22. The van der Waals surface area contributed by atoms with Crippen molar-refractivity contribution < 1.29 is 18.0 Å². The van der Waals surface area contributed by atoms with E-state index in [0.29, 0.717) is 22.0 Å². The van der Waals surface area contributed by atoms with Gasteiger partial charge < -0.3 is 4.90 Å². The van der Waals surface area contributed by atoms with Gasteiger partial charge in [-0.25, -0.2) is 8.42 Å². The summed E-state index contributed by atoms with van der Waals surface area (Å²) in [7, 11) is -3.69. The molecule has 0 bridgehead atoms. The van der Waals surface area contributed by atoms with Crippen LogP contribution in [0, 0.1) is 5.41 Å². The lowest BCUT2D eigenvalue weighted by atomic mass is 9.86. The maximum Gasteiger partial charge on any atom is 0.252 e. The molecule has 2 aromatic carbocycles. The molecule has 9 heteroatoms. The first kappa shape index (κ1) is 23.9. The van der Waals surface area contributed by atoms with Crippen LogP contribution in [0.1, 0.15) is 38.3 Å². The number of benzodiazepines with no additional fused rings is 1. The largest absolute Gasteiger partial charge is 0.309 e. The second-order valence-corrected chi connectivity index (χ2v) is 11.0. The van der Waals surface area contributed by atoms with Gasteiger partial charge in [-0.1, -0.05) is 62.7 Å². The fourth-order valence-electron chi connectivity index (χ4n) is 3.55. The third kappa shape index (κ3) is 5.55. The zero-order chi connectivity index (χ0) is 23.7. The molecule has 0 aromatic heterocycles. The van der Waals surface area contributed by atoms with Gasteiger partial charge in [-0.3, -0.25) is 19.3 Å². The smallest absolute Gasteiger partial charge is 0.252 e. The predicted molar refractivity (Wildman–Crippen MR) is 127 cm³/mol. The number of halogens is 1. The Kier molecular flexibility index (Phi) is 6.76. The van der Waals surface area contributed by atoms with Gasteiger partial charge in [0, 0.05) is 29.1 Å². The Morgan fingerprint density at radius 2 is 1.81 bits per heavy atom. The fourth-order valence-corrected chi connectivity index (χ4v) is 4.23. The van der Waals surface area contributed by atoms with Crippen molar-refractivity contribution in [2.75, 3.05) is 17.7 Å². The molecule has 0 spiro atoms. The summed E-state index contributed by atoms with van der Waals surface area (Å²) in [6, 6.07) is 14.0. The van der Waals surface area contributed by atoms with Gasteiger partial charge in [-0.15, -0.1) is 0 Å². The molecule has 2 aromatic rings. The van der Waals surface area contributed by atoms with Crippen molar-refractivity contribution in [2.24, 2.45) is 10.4 Å². The highest BCUT2D eigenvalue weighted by Gasteiger charge is 2.39. The van der Waals surface area contributed by atoms with Crippen LogP contribution in [-0.4, -0.2) is 44.8 Å². The van der Waals surface area contributed by atoms with E-state index in [1.165, 1.54) is 4.90 Å². The molecule has 1 atom stereocenters. The lowest BCUT2D eigenvalue weighted by Crippen LogP contribution is -2.45. The molecule has 0 saturated carbocycles. The molecule has 2 amide bonds. The predicted octanol–water partition coefficient (Wildman–Crippen LogP) is 3.40. The third-order valence-electron chi connectivity index (χ3n) is 4.99. The molecule has 0 unspecified atom stereocenters. The van der Waals surface area contributed by atoms with Crippen molar-refractivity contribution >= 4 is 44.8 Å². The minimum atomic E-state index is -3.69. The fraction of sp³-hybridized carbons (Fsp3) is 0.348. The number of nitrogens with zero attached hydrogens (tertiary/aromatic N) is 2. The molecule has 1 aliphatic rings. The van der Waals surface area contributed by atoms with Crippen LogP contribution >= 0.6 is 11.6 Å². The summed E-state index contributed by atoms with van der Waals surface area (Å²) in [6.45, 7) is 5.79. The Morgan fingerprint density at radius 3 is 2.41 bits per heavy atom. The van der Waals surface area contributed by atoms with Crippen LogP contribution in [-0.2, 0) is 19.6 Å². The highest BCUT2D eigenvalue weighted by molar-refractivity contribution is 7.89. The van der Waals surface area contributed by atoms with Crippen molar-refractivity contribution in [3.05, 3.63) is 64.7 Å². The van der Waals surface area contributed by atoms with E-state index in [2.05, 4.69) is 0 Å². The average molecular weight is 476 g/mol. The summed E-state index contributed by atoms with van der Waals surface area (Å²) in [4.78, 5) is 32.2. The molecule has 32 heavy (non-hydrogen) atoms. The number of carbonyl (C=O) groups excluding carboxylic acids is 2. The van der Waals surface area contributed by atoms with Gasteiger partial charge in [0.15, 0.2) is 0 Å². The maximum absolute atomic E-state index is 13.7. The van der Waals surface area contributed by atoms with E-state index < -0.39 is 27.4 Å². The van der Waals surface area contributed by atoms with Crippen LogP contribution in [0.2, 0.25) is 5.02 Å².